The maximum absolute atomic E-state index is 13.8. The van der Waals surface area contributed by atoms with Crippen LogP contribution in [-0.4, -0.2) is 11.1 Å². The van der Waals surface area contributed by atoms with Crippen molar-refractivity contribution in [3.05, 3.63) is 53.1 Å². The minimum absolute atomic E-state index is 0.0298. The largest absolute Gasteiger partial charge is 0.478 e. The number of aryl methyl sites for hydroxylation is 1. The van der Waals surface area contributed by atoms with Gasteiger partial charge in [0.25, 0.3) is 0 Å². The quantitative estimate of drug-likeness (QED) is 0.753. The van der Waals surface area contributed by atoms with E-state index in [0.717, 1.165) is 12.1 Å². The van der Waals surface area contributed by atoms with Crippen LogP contribution in [0.5, 0.6) is 0 Å². The van der Waals surface area contributed by atoms with Crippen LogP contribution >= 0.6 is 0 Å². The standard InChI is InChI=1S/C14H12F2N2O2/c1-7-5-10(16)12(6-9(7)15)18-13-8(14(19)20)3-2-4-11(13)17/h2-6,18H,17H2,1H3,(H,19,20). The number of anilines is 3. The summed E-state index contributed by atoms with van der Waals surface area (Å²) in [6, 6.07) is 6.25. The topological polar surface area (TPSA) is 75.3 Å². The molecule has 2 aromatic carbocycles. The number of halogens is 2. The molecule has 20 heavy (non-hydrogen) atoms. The second-order valence-electron chi connectivity index (χ2n) is 4.28. The number of benzene rings is 2. The lowest BCUT2D eigenvalue weighted by Crippen LogP contribution is -2.07. The van der Waals surface area contributed by atoms with E-state index >= 15 is 0 Å². The highest BCUT2D eigenvalue weighted by molar-refractivity contribution is 5.98. The van der Waals surface area contributed by atoms with Gasteiger partial charge in [-0.1, -0.05) is 6.07 Å². The van der Waals surface area contributed by atoms with Crippen LogP contribution in [0, 0.1) is 18.6 Å². The third-order valence-electron chi connectivity index (χ3n) is 2.84. The lowest BCUT2D eigenvalue weighted by Gasteiger charge is -2.13. The summed E-state index contributed by atoms with van der Waals surface area (Å²) in [5.74, 6) is -2.50. The third-order valence-corrected chi connectivity index (χ3v) is 2.84. The lowest BCUT2D eigenvalue weighted by atomic mass is 10.1. The van der Waals surface area contributed by atoms with Crippen LogP contribution in [-0.2, 0) is 0 Å². The van der Waals surface area contributed by atoms with Crippen molar-refractivity contribution >= 4 is 23.0 Å². The van der Waals surface area contributed by atoms with E-state index in [1.165, 1.54) is 25.1 Å². The van der Waals surface area contributed by atoms with E-state index in [1.54, 1.807) is 0 Å². The number of carbonyl (C=O) groups is 1. The Morgan fingerprint density at radius 1 is 1.25 bits per heavy atom. The van der Waals surface area contributed by atoms with Crippen molar-refractivity contribution in [2.45, 2.75) is 6.92 Å². The summed E-state index contributed by atoms with van der Waals surface area (Å²) in [7, 11) is 0. The van der Waals surface area contributed by atoms with Crippen LogP contribution in [0.3, 0.4) is 0 Å². The van der Waals surface area contributed by atoms with Gasteiger partial charge in [0.2, 0.25) is 0 Å². The molecule has 4 nitrogen and oxygen atoms in total. The fraction of sp³-hybridized carbons (Fsp3) is 0.0714. The first-order valence-electron chi connectivity index (χ1n) is 5.74. The number of carboxylic acids is 1. The average molecular weight is 278 g/mol. The predicted molar refractivity (Wildman–Crippen MR) is 72.2 cm³/mol. The van der Waals surface area contributed by atoms with Crippen LogP contribution in [0.1, 0.15) is 15.9 Å². The Hall–Kier alpha value is -2.63. The van der Waals surface area contributed by atoms with E-state index < -0.39 is 17.6 Å². The molecule has 0 spiro atoms. The zero-order valence-electron chi connectivity index (χ0n) is 10.6. The first-order chi connectivity index (χ1) is 9.40. The number of rotatable bonds is 3. The van der Waals surface area contributed by atoms with Gasteiger partial charge in [0.05, 0.1) is 22.6 Å². The van der Waals surface area contributed by atoms with Gasteiger partial charge in [-0.15, -0.1) is 0 Å². The van der Waals surface area contributed by atoms with Crippen molar-refractivity contribution in [2.24, 2.45) is 0 Å². The van der Waals surface area contributed by atoms with Crippen LogP contribution in [0.15, 0.2) is 30.3 Å². The normalized spacial score (nSPS) is 10.3. The minimum Gasteiger partial charge on any atom is -0.478 e. The molecule has 0 atom stereocenters. The molecule has 104 valence electrons. The fourth-order valence-corrected chi connectivity index (χ4v) is 1.76. The smallest absolute Gasteiger partial charge is 0.337 e. The zero-order chi connectivity index (χ0) is 14.9. The number of hydrogen-bond donors (Lipinski definition) is 3. The Kier molecular flexibility index (Phi) is 3.56. The van der Waals surface area contributed by atoms with E-state index in [0.29, 0.717) is 0 Å². The Balaban J connectivity index is 2.50. The molecule has 0 saturated carbocycles. The van der Waals surface area contributed by atoms with Gasteiger partial charge in [0, 0.05) is 6.07 Å². The number of aromatic carboxylic acids is 1. The van der Waals surface area contributed by atoms with Crippen LogP contribution in [0.25, 0.3) is 0 Å². The molecular formula is C14H12F2N2O2. The first kappa shape index (κ1) is 13.8. The first-order valence-corrected chi connectivity index (χ1v) is 5.74. The van der Waals surface area contributed by atoms with Crippen molar-refractivity contribution in [1.82, 2.24) is 0 Å². The third kappa shape index (κ3) is 2.54. The van der Waals surface area contributed by atoms with Crippen molar-refractivity contribution in [1.29, 1.82) is 0 Å². The predicted octanol–water partition coefficient (Wildman–Crippen LogP) is 3.30. The summed E-state index contributed by atoms with van der Waals surface area (Å²) in [4.78, 5) is 11.1. The van der Waals surface area contributed by atoms with Gasteiger partial charge in [0.15, 0.2) is 0 Å². The SMILES string of the molecule is Cc1cc(F)c(Nc2c(N)cccc2C(=O)O)cc1F. The second-order valence-corrected chi connectivity index (χ2v) is 4.28. The molecule has 0 aliphatic heterocycles. The van der Waals surface area contributed by atoms with Gasteiger partial charge >= 0.3 is 5.97 Å². The highest BCUT2D eigenvalue weighted by Crippen LogP contribution is 2.29. The van der Waals surface area contributed by atoms with E-state index in [4.69, 9.17) is 10.8 Å². The molecule has 0 amide bonds. The molecule has 0 aliphatic rings. The molecule has 2 rings (SSSR count). The maximum Gasteiger partial charge on any atom is 0.337 e. The highest BCUT2D eigenvalue weighted by Gasteiger charge is 2.15. The zero-order valence-corrected chi connectivity index (χ0v) is 10.6. The molecule has 0 unspecified atom stereocenters. The van der Waals surface area contributed by atoms with E-state index in [9.17, 15) is 13.6 Å². The molecular weight excluding hydrogens is 266 g/mol. The fourth-order valence-electron chi connectivity index (χ4n) is 1.76. The number of nitrogens with one attached hydrogen (secondary N) is 1. The molecule has 0 aliphatic carbocycles. The van der Waals surface area contributed by atoms with Gasteiger partial charge in [-0.05, 0) is 30.7 Å². The van der Waals surface area contributed by atoms with Crippen molar-refractivity contribution in [2.75, 3.05) is 11.1 Å². The molecule has 0 radical (unpaired) electrons. The minimum atomic E-state index is -1.22. The monoisotopic (exact) mass is 278 g/mol. The number of nitrogen functional groups attached to an aromatic ring is 1. The second kappa shape index (κ2) is 5.16. The highest BCUT2D eigenvalue weighted by atomic mass is 19.1. The van der Waals surface area contributed by atoms with Gasteiger partial charge in [-0.2, -0.15) is 0 Å². The summed E-state index contributed by atoms with van der Waals surface area (Å²) in [6.45, 7) is 1.43. The van der Waals surface area contributed by atoms with Gasteiger partial charge in [0.1, 0.15) is 11.6 Å². The van der Waals surface area contributed by atoms with Crippen molar-refractivity contribution < 1.29 is 18.7 Å². The Bertz CT molecular complexity index is 687. The summed E-state index contributed by atoms with van der Waals surface area (Å²) in [5, 5.41) is 11.6. The Morgan fingerprint density at radius 3 is 2.60 bits per heavy atom. The van der Waals surface area contributed by atoms with Gasteiger partial charge < -0.3 is 16.2 Å². The summed E-state index contributed by atoms with van der Waals surface area (Å²) in [6.07, 6.45) is 0. The van der Waals surface area contributed by atoms with E-state index in [-0.39, 0.29) is 28.2 Å². The summed E-state index contributed by atoms with van der Waals surface area (Å²) < 4.78 is 27.2. The molecule has 2 aromatic rings. The van der Waals surface area contributed by atoms with Gasteiger partial charge in [-0.25, -0.2) is 13.6 Å². The molecule has 0 saturated heterocycles. The molecule has 0 heterocycles. The molecule has 0 fully saturated rings. The molecule has 4 N–H and O–H groups in total. The van der Waals surface area contributed by atoms with Gasteiger partial charge in [-0.3, -0.25) is 0 Å². The molecule has 0 aromatic heterocycles. The van der Waals surface area contributed by atoms with E-state index in [2.05, 4.69) is 5.32 Å². The molecule has 6 heteroatoms. The summed E-state index contributed by atoms with van der Waals surface area (Å²) >= 11 is 0. The Labute approximate surface area is 113 Å². The number of hydrogen-bond acceptors (Lipinski definition) is 3. The van der Waals surface area contributed by atoms with E-state index in [1.807, 2.05) is 0 Å². The molecule has 0 bridgehead atoms. The van der Waals surface area contributed by atoms with Crippen molar-refractivity contribution in [3.8, 4) is 0 Å². The number of para-hydroxylation sites is 1. The van der Waals surface area contributed by atoms with Crippen LogP contribution < -0.4 is 11.1 Å². The van der Waals surface area contributed by atoms with Crippen molar-refractivity contribution in [3.63, 3.8) is 0 Å². The maximum atomic E-state index is 13.8. The summed E-state index contributed by atoms with van der Waals surface area (Å²) in [5.41, 5.74) is 5.71. The van der Waals surface area contributed by atoms with Crippen LogP contribution in [0.2, 0.25) is 0 Å². The number of carboxylic acid groups (broad SMARTS) is 1. The average Bonchev–Trinajstić information content (AvgIpc) is 2.37. The Morgan fingerprint density at radius 2 is 1.95 bits per heavy atom. The lowest BCUT2D eigenvalue weighted by molar-refractivity contribution is 0.0698. The van der Waals surface area contributed by atoms with Crippen LogP contribution in [0.4, 0.5) is 25.8 Å². The number of nitrogens with two attached hydrogens (primary N) is 1.